The Kier molecular flexibility index (Phi) is 11.4. The van der Waals surface area contributed by atoms with Crippen molar-refractivity contribution < 1.29 is 59.4 Å². The molecule has 3 aromatic rings. The lowest BCUT2D eigenvalue weighted by Crippen LogP contribution is -2.22. The molecule has 5 heterocycles. The van der Waals surface area contributed by atoms with Crippen molar-refractivity contribution >= 4 is 80.2 Å². The molecule has 0 amide bonds. The molecule has 2 aliphatic heterocycles. The van der Waals surface area contributed by atoms with Gasteiger partial charge in [0.15, 0.2) is 0 Å². The zero-order valence-corrected chi connectivity index (χ0v) is 29.3. The summed E-state index contributed by atoms with van der Waals surface area (Å²) in [5.41, 5.74) is 5.36. The second-order valence-corrected chi connectivity index (χ2v) is 13.0. The van der Waals surface area contributed by atoms with E-state index in [1.54, 1.807) is 26.0 Å². The van der Waals surface area contributed by atoms with Gasteiger partial charge >= 0.3 is 11.9 Å². The maximum Gasteiger partial charge on any atom is 0.307 e. The van der Waals surface area contributed by atoms with Crippen LogP contribution < -0.4 is 20.4 Å². The fourth-order valence-corrected chi connectivity index (χ4v) is 6.87. The molecule has 2 aliphatic rings. The lowest BCUT2D eigenvalue weighted by molar-refractivity contribution is -0.307. The predicted molar refractivity (Wildman–Crippen MR) is 184 cm³/mol. The van der Waals surface area contributed by atoms with Gasteiger partial charge in [0.1, 0.15) is 0 Å². The van der Waals surface area contributed by atoms with Crippen molar-refractivity contribution in [1.29, 1.82) is 0 Å². The summed E-state index contributed by atoms with van der Waals surface area (Å²) in [5.74, 6) is -7.94. The van der Waals surface area contributed by atoms with Gasteiger partial charge in [0.25, 0.3) is 0 Å². The van der Waals surface area contributed by atoms with Gasteiger partial charge in [-0.05, 0) is 134 Å². The molecule has 0 unspecified atom stereocenters. The van der Waals surface area contributed by atoms with E-state index in [4.69, 9.17) is 9.97 Å². The van der Waals surface area contributed by atoms with Crippen LogP contribution in [0.2, 0.25) is 0 Å². The SMILES string of the molecule is CC1=C(CCC(=O)[O-])c2cc3[nH]c(cc4[nH]c(cc5nc(cc1n2)C(C)=C5CCC(=O)[O-])c(CC(=O)O)c4CCC(=O)[O-])c(CC(=O)O)c3CCC(=O)[O-]. The Morgan fingerprint density at radius 2 is 0.833 bits per heavy atom. The lowest BCUT2D eigenvalue weighted by Gasteiger charge is -2.07. The van der Waals surface area contributed by atoms with Crippen LogP contribution in [0.1, 0.15) is 97.4 Å². The quantitative estimate of drug-likeness (QED) is 0.149. The number of aryl methyl sites for hydroxylation is 2. The maximum atomic E-state index is 12.2. The average molecular weight is 739 g/mol. The van der Waals surface area contributed by atoms with Crippen LogP contribution in [0.4, 0.5) is 0 Å². The minimum atomic E-state index is -1.41. The van der Waals surface area contributed by atoms with Crippen LogP contribution in [0.5, 0.6) is 0 Å². The highest BCUT2D eigenvalue weighted by Crippen LogP contribution is 2.38. The van der Waals surface area contributed by atoms with Gasteiger partial charge in [-0.1, -0.05) is 0 Å². The fourth-order valence-electron chi connectivity index (χ4n) is 6.87. The number of aromatic nitrogens is 4. The summed E-state index contributed by atoms with van der Waals surface area (Å²) in [6, 6.07) is 6.19. The molecule has 54 heavy (non-hydrogen) atoms. The zero-order valence-electron chi connectivity index (χ0n) is 29.3. The van der Waals surface area contributed by atoms with E-state index in [9.17, 15) is 59.4 Å². The highest BCUT2D eigenvalue weighted by molar-refractivity contribution is 5.97. The molecule has 0 fully saturated rings. The number of hydrogen-bond acceptors (Lipinski definition) is 12. The van der Waals surface area contributed by atoms with Gasteiger partial charge in [-0.2, -0.15) is 0 Å². The van der Waals surface area contributed by atoms with Crippen LogP contribution in [-0.4, -0.2) is 66.0 Å². The molecule has 4 N–H and O–H groups in total. The largest absolute Gasteiger partial charge is 0.550 e. The third-order valence-corrected chi connectivity index (χ3v) is 9.44. The molecule has 0 saturated carbocycles. The smallest absolute Gasteiger partial charge is 0.307 e. The van der Waals surface area contributed by atoms with Gasteiger partial charge in [0.2, 0.25) is 0 Å². The van der Waals surface area contributed by atoms with E-state index in [-0.39, 0.29) is 83.0 Å². The van der Waals surface area contributed by atoms with E-state index in [1.807, 2.05) is 0 Å². The first-order chi connectivity index (χ1) is 25.5. The van der Waals surface area contributed by atoms with Crippen molar-refractivity contribution in [2.24, 2.45) is 0 Å². The van der Waals surface area contributed by atoms with E-state index < -0.39 is 61.5 Å². The van der Waals surface area contributed by atoms with E-state index in [2.05, 4.69) is 9.97 Å². The van der Waals surface area contributed by atoms with Crippen LogP contribution >= 0.6 is 0 Å². The van der Waals surface area contributed by atoms with Crippen molar-refractivity contribution in [3.8, 4) is 0 Å². The second kappa shape index (κ2) is 16.0. The molecule has 5 rings (SSSR count). The molecule has 0 saturated heterocycles. The number of allylic oxidation sites excluding steroid dienone is 4. The van der Waals surface area contributed by atoms with Crippen molar-refractivity contribution in [3.63, 3.8) is 0 Å². The summed E-state index contributed by atoms with van der Waals surface area (Å²) < 4.78 is 0. The summed E-state index contributed by atoms with van der Waals surface area (Å²) >= 11 is 0. The van der Waals surface area contributed by atoms with Crippen molar-refractivity contribution in [1.82, 2.24) is 19.9 Å². The Morgan fingerprint density at radius 3 is 1.20 bits per heavy atom. The molecule has 8 bridgehead atoms. The Bertz CT molecular complexity index is 2340. The number of carbonyl (C=O) groups is 6. The van der Waals surface area contributed by atoms with Gasteiger partial charge in [-0.25, -0.2) is 9.97 Å². The lowest BCUT2D eigenvalue weighted by atomic mass is 9.98. The summed E-state index contributed by atoms with van der Waals surface area (Å²) in [6.45, 7) is 3.45. The molecular formula is C38H34N4O12-4. The number of H-pyrrole nitrogens is 2. The Morgan fingerprint density at radius 1 is 0.500 bits per heavy atom. The summed E-state index contributed by atoms with van der Waals surface area (Å²) in [4.78, 5) is 86.6. The number of carboxylic acids is 6. The third kappa shape index (κ3) is 8.71. The van der Waals surface area contributed by atoms with Gasteiger partial charge in [0.05, 0.1) is 35.6 Å². The summed E-state index contributed by atoms with van der Waals surface area (Å²) in [6.07, 6.45) is -3.24. The van der Waals surface area contributed by atoms with E-state index in [1.165, 1.54) is 12.1 Å². The van der Waals surface area contributed by atoms with Crippen molar-refractivity contribution in [2.75, 3.05) is 0 Å². The first-order valence-electron chi connectivity index (χ1n) is 16.9. The van der Waals surface area contributed by atoms with Gasteiger partial charge < -0.3 is 59.8 Å². The van der Waals surface area contributed by atoms with Gasteiger partial charge in [-0.3, -0.25) is 9.59 Å². The molecule has 0 aromatic carbocycles. The molecule has 0 atom stereocenters. The highest BCUT2D eigenvalue weighted by Gasteiger charge is 2.23. The molecule has 16 nitrogen and oxygen atoms in total. The van der Waals surface area contributed by atoms with E-state index in [0.29, 0.717) is 44.9 Å². The van der Waals surface area contributed by atoms with Crippen LogP contribution in [0.15, 0.2) is 24.3 Å². The minimum Gasteiger partial charge on any atom is -0.550 e. The number of nitrogens with one attached hydrogen (secondary N) is 2. The molecule has 0 spiro atoms. The number of carbonyl (C=O) groups excluding carboxylic acids is 4. The van der Waals surface area contributed by atoms with Crippen molar-refractivity contribution in [3.05, 3.63) is 69.3 Å². The average Bonchev–Trinajstić information content (AvgIpc) is 3.74. The van der Waals surface area contributed by atoms with Crippen molar-refractivity contribution in [2.45, 2.75) is 78.1 Å². The topological polar surface area (TPSA) is 292 Å². The standard InChI is InChI=1S/C38H38N4O12/c1-17-19(3-7-33(43)44)27-14-29-21(5-9-35(47)48)24(12-38(53)54)32(41-29)16-30-22(6-10-36(49)50)23(11-37(51)52)31(42-30)15-28-20(4-8-34(45)46)18(2)26(40-28)13-25(17)39-27/h13-16,41-42H,3-12H2,1-2H3,(H,43,44)(H,45,46)(H,47,48)(H,49,50)(H,51,52)(H,53,54)/p-4. The number of hydrogen-bond donors (Lipinski definition) is 4. The predicted octanol–water partition coefficient (Wildman–Crippen LogP) is -0.144. The first-order valence-corrected chi connectivity index (χ1v) is 16.9. The molecule has 0 aliphatic carbocycles. The monoisotopic (exact) mass is 738 g/mol. The summed E-state index contributed by atoms with van der Waals surface area (Å²) in [7, 11) is 0. The second-order valence-electron chi connectivity index (χ2n) is 13.0. The van der Waals surface area contributed by atoms with Crippen LogP contribution in [-0.2, 0) is 54.5 Å². The normalized spacial score (nSPS) is 12.6. The molecule has 16 heteroatoms. The Labute approximate surface area is 306 Å². The number of rotatable bonds is 16. The number of aliphatic carboxylic acids is 6. The van der Waals surface area contributed by atoms with E-state index in [0.717, 1.165) is 0 Å². The molecule has 282 valence electrons. The fraction of sp³-hybridized carbons (Fsp3) is 0.316. The van der Waals surface area contributed by atoms with E-state index >= 15 is 0 Å². The Hall–Kier alpha value is -6.58. The van der Waals surface area contributed by atoms with Crippen LogP contribution in [0, 0.1) is 0 Å². The number of carboxylic acid groups (broad SMARTS) is 6. The third-order valence-electron chi connectivity index (χ3n) is 9.44. The molecule has 3 aromatic heterocycles. The summed E-state index contributed by atoms with van der Waals surface area (Å²) in [5, 5.41) is 66.2. The molecular weight excluding hydrogens is 704 g/mol. The van der Waals surface area contributed by atoms with Gasteiger partial charge in [0, 0.05) is 45.9 Å². The number of aromatic amines is 2. The highest BCUT2D eigenvalue weighted by atomic mass is 16.4. The minimum absolute atomic E-state index is 0.000680. The first kappa shape index (κ1) is 38.6. The number of fused-ring (bicyclic) bond motifs is 8. The number of nitrogens with zero attached hydrogens (tertiary/aromatic N) is 2. The molecule has 0 radical (unpaired) electrons. The maximum absolute atomic E-state index is 12.2. The van der Waals surface area contributed by atoms with Crippen LogP contribution in [0.25, 0.3) is 44.4 Å². The van der Waals surface area contributed by atoms with Crippen LogP contribution in [0.3, 0.4) is 0 Å². The zero-order chi connectivity index (χ0) is 39.4. The Balaban J connectivity index is 2.01. The van der Waals surface area contributed by atoms with Gasteiger partial charge in [-0.15, -0.1) is 0 Å².